The highest BCUT2D eigenvalue weighted by Gasteiger charge is 2.26. The molecule has 2 aromatic carbocycles. The zero-order valence-corrected chi connectivity index (χ0v) is 14.8. The van der Waals surface area contributed by atoms with Crippen molar-refractivity contribution < 1.29 is 0 Å². The first-order valence-electron chi connectivity index (χ1n) is 9.10. The monoisotopic (exact) mass is 356 g/mol. The number of aromatic amines is 1. The molecule has 0 aliphatic heterocycles. The quantitative estimate of drug-likeness (QED) is 0.523. The van der Waals surface area contributed by atoms with Crippen molar-refractivity contribution in [1.29, 1.82) is 0 Å². The SMILES string of the molecule is NCc1ccc(-c2n[nH]c3nc(C4Cc5ccccc5C4)nc(N)c23)cc1. The Kier molecular flexibility index (Phi) is 3.65. The van der Waals surface area contributed by atoms with Crippen LogP contribution in [0.2, 0.25) is 0 Å². The molecule has 134 valence electrons. The Morgan fingerprint density at radius 3 is 2.33 bits per heavy atom. The van der Waals surface area contributed by atoms with Crippen molar-refractivity contribution in [3.63, 3.8) is 0 Å². The maximum Gasteiger partial charge on any atom is 0.161 e. The van der Waals surface area contributed by atoms with Crippen molar-refractivity contribution in [2.24, 2.45) is 5.73 Å². The maximum atomic E-state index is 6.34. The molecule has 0 unspecified atom stereocenters. The van der Waals surface area contributed by atoms with E-state index < -0.39 is 0 Å². The lowest BCUT2D eigenvalue weighted by Gasteiger charge is -2.09. The molecule has 0 amide bonds. The molecular weight excluding hydrogens is 336 g/mol. The Morgan fingerprint density at radius 1 is 0.963 bits per heavy atom. The predicted octanol–water partition coefficient (Wildman–Crippen LogP) is 2.94. The van der Waals surface area contributed by atoms with Gasteiger partial charge in [0, 0.05) is 18.0 Å². The molecule has 1 aliphatic rings. The molecule has 2 aromatic heterocycles. The van der Waals surface area contributed by atoms with Crippen LogP contribution in [0.4, 0.5) is 5.82 Å². The van der Waals surface area contributed by atoms with Gasteiger partial charge in [0.1, 0.15) is 17.3 Å². The number of nitrogens with two attached hydrogens (primary N) is 2. The molecule has 6 heteroatoms. The topological polar surface area (TPSA) is 106 Å². The number of rotatable bonds is 3. The second kappa shape index (κ2) is 6.17. The van der Waals surface area contributed by atoms with Gasteiger partial charge in [0.05, 0.1) is 5.39 Å². The number of nitrogens with zero attached hydrogens (tertiary/aromatic N) is 3. The molecule has 6 nitrogen and oxygen atoms in total. The smallest absolute Gasteiger partial charge is 0.161 e. The van der Waals surface area contributed by atoms with Gasteiger partial charge in [-0.2, -0.15) is 5.10 Å². The molecule has 4 aromatic rings. The average Bonchev–Trinajstić information content (AvgIpc) is 3.32. The fourth-order valence-corrected chi connectivity index (χ4v) is 3.91. The van der Waals surface area contributed by atoms with Gasteiger partial charge in [-0.15, -0.1) is 0 Å². The van der Waals surface area contributed by atoms with E-state index in [4.69, 9.17) is 16.5 Å². The zero-order chi connectivity index (χ0) is 18.4. The largest absolute Gasteiger partial charge is 0.383 e. The zero-order valence-electron chi connectivity index (χ0n) is 14.8. The van der Waals surface area contributed by atoms with Crippen LogP contribution in [-0.4, -0.2) is 20.2 Å². The number of hydrogen-bond acceptors (Lipinski definition) is 5. The minimum absolute atomic E-state index is 0.254. The lowest BCUT2D eigenvalue weighted by molar-refractivity contribution is 0.687. The number of nitrogens with one attached hydrogen (secondary N) is 1. The molecule has 1 aliphatic carbocycles. The van der Waals surface area contributed by atoms with Crippen molar-refractivity contribution >= 4 is 16.9 Å². The van der Waals surface area contributed by atoms with Crippen molar-refractivity contribution in [2.75, 3.05) is 5.73 Å². The number of H-pyrrole nitrogens is 1. The van der Waals surface area contributed by atoms with Crippen LogP contribution >= 0.6 is 0 Å². The summed E-state index contributed by atoms with van der Waals surface area (Å²) in [5.41, 5.74) is 18.3. The van der Waals surface area contributed by atoms with E-state index >= 15 is 0 Å². The summed E-state index contributed by atoms with van der Waals surface area (Å²) in [6.07, 6.45) is 1.89. The Balaban J connectivity index is 1.53. The first kappa shape index (κ1) is 16.0. The Morgan fingerprint density at radius 2 is 1.67 bits per heavy atom. The van der Waals surface area contributed by atoms with Crippen molar-refractivity contribution in [3.8, 4) is 11.3 Å². The van der Waals surface area contributed by atoms with Crippen LogP contribution in [0.25, 0.3) is 22.3 Å². The summed E-state index contributed by atoms with van der Waals surface area (Å²) in [6.45, 7) is 0.514. The molecule has 0 spiro atoms. The van der Waals surface area contributed by atoms with Crippen LogP contribution in [0.3, 0.4) is 0 Å². The number of aromatic nitrogens is 4. The second-order valence-corrected chi connectivity index (χ2v) is 7.04. The fraction of sp³-hybridized carbons (Fsp3) is 0.190. The van der Waals surface area contributed by atoms with Gasteiger partial charge in [0.25, 0.3) is 0 Å². The van der Waals surface area contributed by atoms with Gasteiger partial charge in [-0.1, -0.05) is 48.5 Å². The van der Waals surface area contributed by atoms with Crippen LogP contribution in [-0.2, 0) is 19.4 Å². The third kappa shape index (κ3) is 2.65. The van der Waals surface area contributed by atoms with E-state index in [9.17, 15) is 0 Å². The van der Waals surface area contributed by atoms with Gasteiger partial charge < -0.3 is 11.5 Å². The van der Waals surface area contributed by atoms with E-state index in [0.29, 0.717) is 18.0 Å². The first-order chi connectivity index (χ1) is 13.2. The average molecular weight is 356 g/mol. The molecule has 0 radical (unpaired) electrons. The van der Waals surface area contributed by atoms with E-state index in [0.717, 1.165) is 40.9 Å². The highest BCUT2D eigenvalue weighted by atomic mass is 15.2. The highest BCUT2D eigenvalue weighted by Crippen LogP contribution is 2.35. The van der Waals surface area contributed by atoms with Gasteiger partial charge in [-0.05, 0) is 29.5 Å². The molecule has 2 heterocycles. The molecule has 0 bridgehead atoms. The number of fused-ring (bicyclic) bond motifs is 2. The van der Waals surface area contributed by atoms with Crippen molar-refractivity contribution in [3.05, 3.63) is 71.0 Å². The number of hydrogen-bond donors (Lipinski definition) is 3. The highest BCUT2D eigenvalue weighted by molar-refractivity contribution is 5.98. The van der Waals surface area contributed by atoms with Gasteiger partial charge in [0.15, 0.2) is 5.65 Å². The Labute approximate surface area is 156 Å². The summed E-state index contributed by atoms with van der Waals surface area (Å²) in [5.74, 6) is 1.51. The molecule has 0 atom stereocenters. The van der Waals surface area contributed by atoms with Gasteiger partial charge in [-0.3, -0.25) is 5.10 Å². The van der Waals surface area contributed by atoms with E-state index in [1.165, 1.54) is 11.1 Å². The standard InChI is InChI=1S/C21H20N6/c22-11-12-5-7-13(8-6-12)18-17-19(23)24-20(25-21(17)27-26-18)16-9-14-3-1-2-4-15(14)10-16/h1-8,16H,9-11,22H2,(H3,23,24,25,26,27). The van der Waals surface area contributed by atoms with Crippen molar-refractivity contribution in [1.82, 2.24) is 20.2 Å². The van der Waals surface area contributed by atoms with Crippen molar-refractivity contribution in [2.45, 2.75) is 25.3 Å². The van der Waals surface area contributed by atoms with Crippen LogP contribution in [0.1, 0.15) is 28.4 Å². The number of anilines is 1. The molecule has 0 fully saturated rings. The minimum Gasteiger partial charge on any atom is -0.383 e. The summed E-state index contributed by atoms with van der Waals surface area (Å²) in [5, 5.41) is 8.26. The minimum atomic E-state index is 0.254. The number of benzene rings is 2. The van der Waals surface area contributed by atoms with E-state index in [2.05, 4.69) is 39.4 Å². The normalized spacial score (nSPS) is 14.0. The van der Waals surface area contributed by atoms with E-state index in [-0.39, 0.29) is 5.92 Å². The molecule has 5 rings (SSSR count). The molecule has 0 saturated heterocycles. The van der Waals surface area contributed by atoms with Crippen LogP contribution in [0, 0.1) is 0 Å². The number of nitrogen functional groups attached to an aromatic ring is 1. The summed E-state index contributed by atoms with van der Waals surface area (Å²) in [4.78, 5) is 9.40. The Hall–Kier alpha value is -3.25. The molecule has 27 heavy (non-hydrogen) atoms. The first-order valence-corrected chi connectivity index (χ1v) is 9.10. The summed E-state index contributed by atoms with van der Waals surface area (Å²) in [7, 11) is 0. The fourth-order valence-electron chi connectivity index (χ4n) is 3.91. The van der Waals surface area contributed by atoms with E-state index in [1.807, 2.05) is 24.3 Å². The Bertz CT molecular complexity index is 1100. The maximum absolute atomic E-state index is 6.34. The second-order valence-electron chi connectivity index (χ2n) is 7.04. The summed E-state index contributed by atoms with van der Waals surface area (Å²) in [6, 6.07) is 16.5. The van der Waals surface area contributed by atoms with E-state index in [1.54, 1.807) is 0 Å². The summed E-state index contributed by atoms with van der Waals surface area (Å²) >= 11 is 0. The van der Waals surface area contributed by atoms with Gasteiger partial charge in [0.2, 0.25) is 0 Å². The lowest BCUT2D eigenvalue weighted by atomic mass is 10.0. The van der Waals surface area contributed by atoms with Gasteiger partial charge >= 0.3 is 0 Å². The van der Waals surface area contributed by atoms with Crippen LogP contribution < -0.4 is 11.5 Å². The lowest BCUT2D eigenvalue weighted by Crippen LogP contribution is -2.07. The third-order valence-corrected chi connectivity index (χ3v) is 5.34. The summed E-state index contributed by atoms with van der Waals surface area (Å²) < 4.78 is 0. The third-order valence-electron chi connectivity index (χ3n) is 5.34. The van der Waals surface area contributed by atoms with Crippen LogP contribution in [0.5, 0.6) is 0 Å². The van der Waals surface area contributed by atoms with Crippen LogP contribution in [0.15, 0.2) is 48.5 Å². The predicted molar refractivity (Wildman–Crippen MR) is 106 cm³/mol. The molecule has 0 saturated carbocycles. The molecular formula is C21H20N6. The molecule has 5 N–H and O–H groups in total. The van der Waals surface area contributed by atoms with Gasteiger partial charge in [-0.25, -0.2) is 9.97 Å².